The fourth-order valence-electron chi connectivity index (χ4n) is 3.93. The Morgan fingerprint density at radius 3 is 2.37 bits per heavy atom. The lowest BCUT2D eigenvalue weighted by molar-refractivity contribution is 0.100. The number of amides is 1. The van der Waals surface area contributed by atoms with Gasteiger partial charge in [0.2, 0.25) is 0 Å². The number of hydrogen-bond donors (Lipinski definition) is 0. The Hall–Kier alpha value is -3.82. The highest BCUT2D eigenvalue weighted by Gasteiger charge is 2.34. The van der Waals surface area contributed by atoms with Crippen molar-refractivity contribution >= 4 is 54.0 Å². The van der Waals surface area contributed by atoms with Gasteiger partial charge in [-0.05, 0) is 41.8 Å². The van der Waals surface area contributed by atoms with Gasteiger partial charge in [0.15, 0.2) is 5.58 Å². The molecule has 0 aliphatic carbocycles. The first-order valence-corrected chi connectivity index (χ1v) is 13.1. The zero-order chi connectivity index (χ0) is 24.7. The van der Waals surface area contributed by atoms with Gasteiger partial charge in [0.1, 0.15) is 0 Å². The molecule has 176 valence electrons. The summed E-state index contributed by atoms with van der Waals surface area (Å²) in [5, 5.41) is 0.994. The molecule has 0 atom stereocenters. The molecule has 0 bridgehead atoms. The lowest BCUT2D eigenvalue weighted by Gasteiger charge is -2.24. The molecule has 0 N–H and O–H groups in total. The standard InChI is InChI=1S/C26H20N2O5S2/c1-16(2)17-9-11-19(12-10-17)35(31,32)28(25(29)18-6-5-13-27-15-18)22-14-23-24(33-26(30)34-23)21-8-4-3-7-20(21)22/h3-16H,1-2H3. The van der Waals surface area contributed by atoms with Crippen LogP contribution in [0.5, 0.6) is 0 Å². The van der Waals surface area contributed by atoms with Crippen molar-refractivity contribution in [3.8, 4) is 0 Å². The van der Waals surface area contributed by atoms with Crippen LogP contribution in [0.3, 0.4) is 0 Å². The van der Waals surface area contributed by atoms with E-state index in [-0.39, 0.29) is 22.1 Å². The Morgan fingerprint density at radius 2 is 1.71 bits per heavy atom. The minimum Gasteiger partial charge on any atom is -0.413 e. The van der Waals surface area contributed by atoms with Gasteiger partial charge < -0.3 is 4.42 Å². The third kappa shape index (κ3) is 4.02. The third-order valence-electron chi connectivity index (χ3n) is 5.71. The van der Waals surface area contributed by atoms with Crippen molar-refractivity contribution in [2.24, 2.45) is 0 Å². The molecule has 2 heterocycles. The topological polar surface area (TPSA) is 97.5 Å². The quantitative estimate of drug-likeness (QED) is 0.311. The molecule has 0 radical (unpaired) electrons. The first-order valence-electron chi connectivity index (χ1n) is 10.8. The summed E-state index contributed by atoms with van der Waals surface area (Å²) in [5.41, 5.74) is 1.57. The number of carbonyl (C=O) groups is 1. The van der Waals surface area contributed by atoms with Crippen molar-refractivity contribution in [1.82, 2.24) is 4.98 Å². The van der Waals surface area contributed by atoms with Crippen molar-refractivity contribution in [1.29, 1.82) is 0 Å². The summed E-state index contributed by atoms with van der Waals surface area (Å²) in [7, 11) is -4.35. The Bertz CT molecular complexity index is 1720. The molecule has 7 nitrogen and oxygen atoms in total. The van der Waals surface area contributed by atoms with Gasteiger partial charge in [0, 0.05) is 23.2 Å². The van der Waals surface area contributed by atoms with Gasteiger partial charge in [-0.25, -0.2) is 13.2 Å². The van der Waals surface area contributed by atoms with Gasteiger partial charge >= 0.3 is 4.94 Å². The summed E-state index contributed by atoms with van der Waals surface area (Å²) in [6.07, 6.45) is 2.83. The van der Waals surface area contributed by atoms with Gasteiger partial charge in [-0.15, -0.1) is 0 Å². The predicted octanol–water partition coefficient (Wildman–Crippen LogP) is 5.56. The summed E-state index contributed by atoms with van der Waals surface area (Å²) >= 11 is 0.850. The molecule has 5 rings (SSSR count). The zero-order valence-corrected chi connectivity index (χ0v) is 20.5. The van der Waals surface area contributed by atoms with E-state index in [1.807, 2.05) is 13.8 Å². The summed E-state index contributed by atoms with van der Waals surface area (Å²) in [6.45, 7) is 4.03. The minimum absolute atomic E-state index is 0.0244. The second kappa shape index (κ2) is 8.75. The maximum absolute atomic E-state index is 14.0. The molecule has 0 unspecified atom stereocenters. The number of benzene rings is 3. The second-order valence-corrected chi connectivity index (χ2v) is 11.0. The van der Waals surface area contributed by atoms with E-state index in [9.17, 15) is 18.0 Å². The Labute approximate surface area is 205 Å². The van der Waals surface area contributed by atoms with Crippen molar-refractivity contribution in [3.63, 3.8) is 0 Å². The summed E-state index contributed by atoms with van der Waals surface area (Å²) in [4.78, 5) is 29.2. The molecule has 0 saturated carbocycles. The number of fused-ring (bicyclic) bond motifs is 3. The average molecular weight is 505 g/mol. The van der Waals surface area contributed by atoms with Crippen molar-refractivity contribution in [2.45, 2.75) is 24.7 Å². The first-order chi connectivity index (χ1) is 16.8. The van der Waals surface area contributed by atoms with Gasteiger partial charge in [-0.1, -0.05) is 61.6 Å². The van der Waals surface area contributed by atoms with Gasteiger partial charge in [-0.2, -0.15) is 4.31 Å². The number of hydrogen-bond acceptors (Lipinski definition) is 7. The van der Waals surface area contributed by atoms with E-state index in [1.54, 1.807) is 42.5 Å². The first kappa shape index (κ1) is 22.9. The molecule has 0 saturated heterocycles. The van der Waals surface area contributed by atoms with E-state index in [4.69, 9.17) is 4.42 Å². The van der Waals surface area contributed by atoms with Crippen LogP contribution in [-0.2, 0) is 10.0 Å². The lowest BCUT2D eigenvalue weighted by atomic mass is 10.0. The second-order valence-electron chi connectivity index (χ2n) is 8.26. The van der Waals surface area contributed by atoms with Crippen LogP contribution < -0.4 is 9.24 Å². The maximum Gasteiger partial charge on any atom is 0.396 e. The predicted molar refractivity (Wildman–Crippen MR) is 137 cm³/mol. The molecule has 3 aromatic carbocycles. The normalized spacial score (nSPS) is 11.9. The lowest BCUT2D eigenvalue weighted by Crippen LogP contribution is -2.37. The fraction of sp³-hybridized carbons (Fsp3) is 0.115. The summed E-state index contributed by atoms with van der Waals surface area (Å²) in [5.74, 6) is -0.540. The Kier molecular flexibility index (Phi) is 5.74. The Balaban J connectivity index is 1.80. The van der Waals surface area contributed by atoms with Crippen LogP contribution in [0.2, 0.25) is 0 Å². The van der Waals surface area contributed by atoms with E-state index in [1.165, 1.54) is 36.7 Å². The van der Waals surface area contributed by atoms with Gasteiger partial charge in [0.25, 0.3) is 15.9 Å². The number of carbonyl (C=O) groups excluding carboxylic acids is 1. The molecule has 5 aromatic rings. The highest BCUT2D eigenvalue weighted by atomic mass is 32.2. The van der Waals surface area contributed by atoms with E-state index in [0.717, 1.165) is 21.2 Å². The van der Waals surface area contributed by atoms with Crippen LogP contribution in [0.1, 0.15) is 35.7 Å². The summed E-state index contributed by atoms with van der Waals surface area (Å²) < 4.78 is 34.6. The molecular weight excluding hydrogens is 484 g/mol. The number of rotatable bonds is 5. The molecule has 0 aliphatic heterocycles. The van der Waals surface area contributed by atoms with Crippen LogP contribution in [0.4, 0.5) is 5.69 Å². The highest BCUT2D eigenvalue weighted by molar-refractivity contribution is 7.93. The van der Waals surface area contributed by atoms with E-state index in [0.29, 0.717) is 21.1 Å². The molecule has 0 aliphatic rings. The van der Waals surface area contributed by atoms with E-state index < -0.39 is 20.9 Å². The molecule has 0 fully saturated rings. The Morgan fingerprint density at radius 1 is 1.00 bits per heavy atom. The van der Waals surface area contributed by atoms with Crippen molar-refractivity contribution in [3.05, 3.63) is 100.0 Å². The summed E-state index contributed by atoms with van der Waals surface area (Å²) in [6, 6.07) is 18.0. The molecule has 0 spiro atoms. The molecular formula is C26H20N2O5S2. The molecule has 9 heteroatoms. The van der Waals surface area contributed by atoms with Gasteiger partial charge in [-0.3, -0.25) is 9.78 Å². The maximum atomic E-state index is 14.0. The number of anilines is 1. The van der Waals surface area contributed by atoms with Crippen molar-refractivity contribution < 1.29 is 17.6 Å². The SMILES string of the molecule is CC(C)c1ccc(S(=O)(=O)N(C(=O)c2cccnc2)c2cc3sc(=O)oc3c3ccccc23)cc1. The van der Waals surface area contributed by atoms with Crippen LogP contribution in [-0.4, -0.2) is 19.3 Å². The van der Waals surface area contributed by atoms with E-state index >= 15 is 0 Å². The number of nitrogens with zero attached hydrogens (tertiary/aromatic N) is 2. The number of pyridine rings is 1. The number of aromatic nitrogens is 1. The van der Waals surface area contributed by atoms with Crippen LogP contribution in [0.15, 0.2) is 93.2 Å². The monoisotopic (exact) mass is 504 g/mol. The van der Waals surface area contributed by atoms with Crippen molar-refractivity contribution in [2.75, 3.05) is 4.31 Å². The van der Waals surface area contributed by atoms with Crippen LogP contribution >= 0.6 is 11.3 Å². The molecule has 2 aromatic heterocycles. The zero-order valence-electron chi connectivity index (χ0n) is 18.8. The fourth-order valence-corrected chi connectivity index (χ4v) is 6.08. The smallest absolute Gasteiger partial charge is 0.396 e. The number of sulfonamides is 1. The van der Waals surface area contributed by atoms with Crippen LogP contribution in [0, 0.1) is 0 Å². The third-order valence-corrected chi connectivity index (χ3v) is 8.20. The molecule has 1 amide bonds. The molecule has 35 heavy (non-hydrogen) atoms. The van der Waals surface area contributed by atoms with Crippen LogP contribution in [0.25, 0.3) is 21.1 Å². The minimum atomic E-state index is -4.35. The largest absolute Gasteiger partial charge is 0.413 e. The average Bonchev–Trinajstić information content (AvgIpc) is 3.25. The van der Waals surface area contributed by atoms with E-state index in [2.05, 4.69) is 4.98 Å². The highest BCUT2D eigenvalue weighted by Crippen LogP contribution is 2.38. The van der Waals surface area contributed by atoms with Gasteiger partial charge in [0.05, 0.1) is 20.8 Å².